The van der Waals surface area contributed by atoms with Crippen molar-refractivity contribution in [3.8, 4) is 0 Å². The molecule has 0 bridgehead atoms. The summed E-state index contributed by atoms with van der Waals surface area (Å²) in [5.74, 6) is -0.0978. The first-order valence-electron chi connectivity index (χ1n) is 7.26. The number of carbonyl (C=O) groups excluding carboxylic acids is 1. The Morgan fingerprint density at radius 1 is 1.41 bits per heavy atom. The maximum atomic E-state index is 12.2. The van der Waals surface area contributed by atoms with Crippen molar-refractivity contribution in [3.63, 3.8) is 0 Å². The lowest BCUT2D eigenvalue weighted by Gasteiger charge is -2.25. The zero-order valence-corrected chi connectivity index (χ0v) is 13.6. The van der Waals surface area contributed by atoms with E-state index < -0.39 is 20.0 Å². The van der Waals surface area contributed by atoms with Gasteiger partial charge in [0.05, 0.1) is 18.8 Å². The van der Waals surface area contributed by atoms with Crippen LogP contribution in [0.4, 0.5) is 0 Å². The molecule has 9 nitrogen and oxygen atoms in total. The Bertz CT molecular complexity index is 388. The number of unbranched alkanes of at least 4 members (excludes halogenated alkanes) is 2. The van der Waals surface area contributed by atoms with E-state index in [4.69, 9.17) is 15.5 Å². The number of amides is 1. The van der Waals surface area contributed by atoms with Crippen LogP contribution in [0.3, 0.4) is 0 Å². The van der Waals surface area contributed by atoms with Gasteiger partial charge in [0, 0.05) is 20.1 Å². The molecule has 0 saturated carbocycles. The molecule has 1 heterocycles. The second-order valence-electron chi connectivity index (χ2n) is 5.20. The van der Waals surface area contributed by atoms with E-state index in [0.717, 1.165) is 26.4 Å². The molecule has 22 heavy (non-hydrogen) atoms. The Labute approximate surface area is 129 Å². The van der Waals surface area contributed by atoms with E-state index in [0.29, 0.717) is 19.4 Å². The van der Waals surface area contributed by atoms with Gasteiger partial charge < -0.3 is 15.7 Å². The minimum absolute atomic E-state index is 0.0978. The molecule has 0 spiro atoms. The number of hydrogen-bond acceptors (Lipinski definition) is 8. The van der Waals surface area contributed by atoms with Crippen molar-refractivity contribution in [2.75, 3.05) is 26.8 Å². The summed E-state index contributed by atoms with van der Waals surface area (Å²) in [6.45, 7) is 0.652. The molecule has 4 N–H and O–H groups in total. The molecule has 0 aromatic heterocycles. The summed E-state index contributed by atoms with van der Waals surface area (Å²) >= 11 is 0. The van der Waals surface area contributed by atoms with Gasteiger partial charge in [-0.05, 0) is 25.8 Å². The molecule has 1 fully saturated rings. The first-order chi connectivity index (χ1) is 10.5. The number of β-amino-alcohol motifs (C(OH)–C–C–N with tert-alkyl or cyclic N) is 1. The highest BCUT2D eigenvalue weighted by atomic mass is 31.2. The number of nitrogens with two attached hydrogens (primary N) is 1. The molecule has 130 valence electrons. The maximum absolute atomic E-state index is 12.2. The van der Waals surface area contributed by atoms with Crippen molar-refractivity contribution < 1.29 is 33.4 Å². The summed E-state index contributed by atoms with van der Waals surface area (Å²) < 4.78 is 24.7. The van der Waals surface area contributed by atoms with Crippen LogP contribution in [-0.2, 0) is 23.1 Å². The predicted molar refractivity (Wildman–Crippen MR) is 77.9 cm³/mol. The van der Waals surface area contributed by atoms with Crippen molar-refractivity contribution in [3.05, 3.63) is 0 Å². The summed E-state index contributed by atoms with van der Waals surface area (Å²) in [6.07, 6.45) is 2.49. The fourth-order valence-electron chi connectivity index (χ4n) is 2.38. The normalized spacial score (nSPS) is 24.5. The highest BCUT2D eigenvalue weighted by Crippen LogP contribution is 2.47. The number of hydrogen-bond donors (Lipinski definition) is 3. The largest absolute Gasteiger partial charge is 0.501 e. The quantitative estimate of drug-likeness (QED) is 0.229. The summed E-state index contributed by atoms with van der Waals surface area (Å²) in [6, 6.07) is -0.435. The maximum Gasteiger partial charge on any atom is 0.501 e. The molecular formula is C12H25N2O7P. The molecule has 0 aliphatic carbocycles. The number of aliphatic hydroxyl groups is 1. The predicted octanol–water partition coefficient (Wildman–Crippen LogP) is 0.728. The first kappa shape index (κ1) is 19.5. The van der Waals surface area contributed by atoms with Gasteiger partial charge in [-0.3, -0.25) is 13.8 Å². The molecule has 1 aliphatic heterocycles. The smallest absolute Gasteiger partial charge is 0.391 e. The first-order valence-corrected chi connectivity index (χ1v) is 8.73. The highest BCUT2D eigenvalue weighted by Gasteiger charge is 2.36. The van der Waals surface area contributed by atoms with Gasteiger partial charge in [-0.1, -0.05) is 6.42 Å². The van der Waals surface area contributed by atoms with E-state index in [1.165, 1.54) is 4.90 Å². The molecule has 3 atom stereocenters. The van der Waals surface area contributed by atoms with Crippen molar-refractivity contribution >= 4 is 13.7 Å². The van der Waals surface area contributed by atoms with Crippen molar-refractivity contribution in [2.24, 2.45) is 5.73 Å². The lowest BCUT2D eigenvalue weighted by Crippen LogP contribution is -2.38. The number of aliphatic hydroxyl groups excluding tert-OH is 1. The lowest BCUT2D eigenvalue weighted by molar-refractivity contribution is -0.165. The molecule has 1 saturated heterocycles. The van der Waals surface area contributed by atoms with Crippen LogP contribution >= 0.6 is 7.82 Å². The lowest BCUT2D eigenvalue weighted by atomic mass is 10.1. The number of likely N-dealkylation sites (tertiary alicyclic amines) is 1. The van der Waals surface area contributed by atoms with Crippen LogP contribution < -0.4 is 5.73 Å². The number of phosphoric acid groups is 1. The number of rotatable bonds is 10. The van der Waals surface area contributed by atoms with Gasteiger partial charge in [-0.2, -0.15) is 0 Å². The Kier molecular flexibility index (Phi) is 8.48. The van der Waals surface area contributed by atoms with Gasteiger partial charge in [0.1, 0.15) is 0 Å². The van der Waals surface area contributed by atoms with Crippen LogP contribution in [0.2, 0.25) is 0 Å². The molecule has 10 heteroatoms. The van der Waals surface area contributed by atoms with Gasteiger partial charge in [0.2, 0.25) is 5.91 Å². The minimum atomic E-state index is -4.02. The SMILES string of the molecule is COP(=O)(OO)OC[C@@H]1C[C@@H](O)CN1C(=O)CCCCCN. The van der Waals surface area contributed by atoms with Gasteiger partial charge in [-0.25, -0.2) is 9.82 Å². The fourth-order valence-corrected chi connectivity index (χ4v) is 2.96. The third-order valence-electron chi connectivity index (χ3n) is 3.56. The van der Waals surface area contributed by atoms with E-state index in [-0.39, 0.29) is 19.1 Å². The van der Waals surface area contributed by atoms with Gasteiger partial charge in [0.15, 0.2) is 0 Å². The molecule has 1 aliphatic rings. The molecule has 0 aromatic rings. The van der Waals surface area contributed by atoms with E-state index in [9.17, 15) is 14.5 Å². The number of nitrogens with zero attached hydrogens (tertiary/aromatic N) is 1. The van der Waals surface area contributed by atoms with Gasteiger partial charge >= 0.3 is 7.82 Å². The summed E-state index contributed by atoms with van der Waals surface area (Å²) in [7, 11) is -2.95. The van der Waals surface area contributed by atoms with Crippen LogP contribution in [0.5, 0.6) is 0 Å². The third kappa shape index (κ3) is 5.92. The molecular weight excluding hydrogens is 315 g/mol. The average Bonchev–Trinajstić information content (AvgIpc) is 2.90. The zero-order chi connectivity index (χ0) is 16.6. The van der Waals surface area contributed by atoms with Crippen molar-refractivity contribution in [1.82, 2.24) is 4.90 Å². The van der Waals surface area contributed by atoms with Gasteiger partial charge in [-0.15, -0.1) is 4.67 Å². The Morgan fingerprint density at radius 2 is 2.14 bits per heavy atom. The molecule has 0 aromatic carbocycles. The van der Waals surface area contributed by atoms with E-state index in [1.54, 1.807) is 0 Å². The minimum Gasteiger partial charge on any atom is -0.391 e. The van der Waals surface area contributed by atoms with Crippen LogP contribution in [0.25, 0.3) is 0 Å². The summed E-state index contributed by atoms with van der Waals surface area (Å²) in [4.78, 5) is 13.7. The Balaban J connectivity index is 2.50. The fraction of sp³-hybridized carbons (Fsp3) is 0.917. The molecule has 1 amide bonds. The molecule has 0 radical (unpaired) electrons. The third-order valence-corrected chi connectivity index (χ3v) is 4.67. The van der Waals surface area contributed by atoms with Crippen LogP contribution in [0.1, 0.15) is 32.1 Å². The van der Waals surface area contributed by atoms with E-state index in [1.807, 2.05) is 0 Å². The number of carbonyl (C=O) groups is 1. The summed E-state index contributed by atoms with van der Waals surface area (Å²) in [5, 5.41) is 18.2. The summed E-state index contributed by atoms with van der Waals surface area (Å²) in [5.41, 5.74) is 5.40. The van der Waals surface area contributed by atoms with Crippen LogP contribution in [0, 0.1) is 0 Å². The van der Waals surface area contributed by atoms with Crippen LogP contribution in [-0.4, -0.2) is 60.1 Å². The monoisotopic (exact) mass is 340 g/mol. The zero-order valence-electron chi connectivity index (χ0n) is 12.7. The second kappa shape index (κ2) is 9.57. The van der Waals surface area contributed by atoms with Crippen molar-refractivity contribution in [2.45, 2.75) is 44.2 Å². The van der Waals surface area contributed by atoms with E-state index in [2.05, 4.69) is 9.20 Å². The van der Waals surface area contributed by atoms with E-state index >= 15 is 0 Å². The second-order valence-corrected chi connectivity index (χ2v) is 6.88. The highest BCUT2D eigenvalue weighted by molar-refractivity contribution is 7.48. The number of phosphoric ester groups is 1. The standard InChI is InChI=1S/C12H25N2O7P/c1-19-22(18,21-17)20-9-10-7-11(15)8-14(10)12(16)5-3-2-4-6-13/h10-11,15,17H,2-9,13H2,1H3/t10-,11+,22?/m0/s1. The van der Waals surface area contributed by atoms with Crippen molar-refractivity contribution in [1.29, 1.82) is 0 Å². The van der Waals surface area contributed by atoms with Gasteiger partial charge in [0.25, 0.3) is 0 Å². The average molecular weight is 340 g/mol. The Hall–Kier alpha value is -0.540. The molecule has 1 unspecified atom stereocenters. The Morgan fingerprint density at radius 3 is 2.73 bits per heavy atom. The molecule has 1 rings (SSSR count). The topological polar surface area (TPSA) is 132 Å². The van der Waals surface area contributed by atoms with Crippen LogP contribution in [0.15, 0.2) is 0 Å².